The summed E-state index contributed by atoms with van der Waals surface area (Å²) < 4.78 is 29.6. The number of carbonyl (C=O) groups excluding carboxylic acids is 1. The molecular weight excluding hydrogens is 350 g/mol. The first kappa shape index (κ1) is 19.0. The van der Waals surface area contributed by atoms with Crippen LogP contribution < -0.4 is 10.1 Å². The van der Waals surface area contributed by atoms with Gasteiger partial charge in [-0.15, -0.1) is 0 Å². The Bertz CT molecular complexity index is 756. The number of nitrogens with zero attached hydrogens (tertiary/aromatic N) is 1. The standard InChI is InChI=1S/C18H19ClF2N2O2/c1-11-7-6-10-15(25-17(20)21)16(11)22-18(24)23(3)12(2)13-8-4-5-9-14(13)19/h4-10,12,17H,1-3H3,(H,22,24). The molecule has 0 saturated heterocycles. The Hall–Kier alpha value is -2.34. The third-order valence-electron chi connectivity index (χ3n) is 3.94. The molecule has 2 rings (SSSR count). The summed E-state index contributed by atoms with van der Waals surface area (Å²) in [7, 11) is 1.61. The monoisotopic (exact) mass is 368 g/mol. The van der Waals surface area contributed by atoms with Crippen molar-refractivity contribution in [2.45, 2.75) is 26.5 Å². The van der Waals surface area contributed by atoms with Crippen molar-refractivity contribution in [2.75, 3.05) is 12.4 Å². The lowest BCUT2D eigenvalue weighted by Crippen LogP contribution is -2.34. The van der Waals surface area contributed by atoms with Crippen LogP contribution in [0.2, 0.25) is 5.02 Å². The molecule has 4 nitrogen and oxygen atoms in total. The molecule has 0 fully saturated rings. The summed E-state index contributed by atoms with van der Waals surface area (Å²) in [6.07, 6.45) is 0. The summed E-state index contributed by atoms with van der Waals surface area (Å²) in [5.41, 5.74) is 1.62. The lowest BCUT2D eigenvalue weighted by Gasteiger charge is -2.27. The van der Waals surface area contributed by atoms with Crippen LogP contribution in [-0.2, 0) is 0 Å². The fourth-order valence-corrected chi connectivity index (χ4v) is 2.68. The van der Waals surface area contributed by atoms with Gasteiger partial charge in [-0.05, 0) is 37.1 Å². The highest BCUT2D eigenvalue weighted by molar-refractivity contribution is 6.31. The van der Waals surface area contributed by atoms with E-state index in [1.54, 1.807) is 38.2 Å². The van der Waals surface area contributed by atoms with Crippen molar-refractivity contribution in [1.82, 2.24) is 4.90 Å². The van der Waals surface area contributed by atoms with Gasteiger partial charge in [-0.3, -0.25) is 0 Å². The summed E-state index contributed by atoms with van der Waals surface area (Å²) in [4.78, 5) is 14.0. The van der Waals surface area contributed by atoms with Crippen molar-refractivity contribution >= 4 is 23.3 Å². The second-order valence-corrected chi connectivity index (χ2v) is 5.97. The van der Waals surface area contributed by atoms with E-state index < -0.39 is 12.6 Å². The van der Waals surface area contributed by atoms with Crippen molar-refractivity contribution in [3.05, 3.63) is 58.6 Å². The van der Waals surface area contributed by atoms with Gasteiger partial charge in [0, 0.05) is 12.1 Å². The number of nitrogens with one attached hydrogen (secondary N) is 1. The van der Waals surface area contributed by atoms with Crippen LogP contribution in [-0.4, -0.2) is 24.6 Å². The van der Waals surface area contributed by atoms with E-state index in [0.29, 0.717) is 10.6 Å². The number of para-hydroxylation sites is 1. The number of hydrogen-bond donors (Lipinski definition) is 1. The number of hydrogen-bond acceptors (Lipinski definition) is 2. The van der Waals surface area contributed by atoms with Crippen LogP contribution >= 0.6 is 11.6 Å². The van der Waals surface area contributed by atoms with Crippen LogP contribution in [0.5, 0.6) is 5.75 Å². The molecule has 2 aromatic carbocycles. The highest BCUT2D eigenvalue weighted by Gasteiger charge is 2.21. The van der Waals surface area contributed by atoms with Crippen LogP contribution in [0.1, 0.15) is 24.1 Å². The first-order valence-electron chi connectivity index (χ1n) is 7.64. The van der Waals surface area contributed by atoms with Crippen LogP contribution in [0.4, 0.5) is 19.3 Å². The summed E-state index contributed by atoms with van der Waals surface area (Å²) in [6.45, 7) is 0.554. The Morgan fingerprint density at radius 1 is 1.20 bits per heavy atom. The normalized spacial score (nSPS) is 12.0. The number of carbonyl (C=O) groups is 1. The molecule has 0 bridgehead atoms. The number of urea groups is 1. The quantitative estimate of drug-likeness (QED) is 0.759. The zero-order valence-electron chi connectivity index (χ0n) is 14.1. The third-order valence-corrected chi connectivity index (χ3v) is 4.28. The van der Waals surface area contributed by atoms with Gasteiger partial charge in [0.2, 0.25) is 0 Å². The summed E-state index contributed by atoms with van der Waals surface area (Å²) in [6, 6.07) is 11.1. The van der Waals surface area contributed by atoms with E-state index in [1.807, 2.05) is 19.1 Å². The molecule has 134 valence electrons. The zero-order valence-corrected chi connectivity index (χ0v) is 14.8. The molecule has 1 unspecified atom stereocenters. The first-order chi connectivity index (χ1) is 11.8. The minimum Gasteiger partial charge on any atom is -0.433 e. The Labute approximate surface area is 150 Å². The van der Waals surface area contributed by atoms with E-state index in [2.05, 4.69) is 10.1 Å². The zero-order chi connectivity index (χ0) is 18.6. The van der Waals surface area contributed by atoms with E-state index in [-0.39, 0.29) is 17.5 Å². The average molecular weight is 369 g/mol. The maximum Gasteiger partial charge on any atom is 0.387 e. The second-order valence-electron chi connectivity index (χ2n) is 5.57. The van der Waals surface area contributed by atoms with Gasteiger partial charge < -0.3 is 15.0 Å². The lowest BCUT2D eigenvalue weighted by molar-refractivity contribution is -0.0493. The molecule has 1 N–H and O–H groups in total. The summed E-state index contributed by atoms with van der Waals surface area (Å²) in [5.74, 6) is -0.0813. The maximum absolute atomic E-state index is 12.6. The van der Waals surface area contributed by atoms with E-state index in [9.17, 15) is 13.6 Å². The van der Waals surface area contributed by atoms with Gasteiger partial charge in [0.25, 0.3) is 0 Å². The van der Waals surface area contributed by atoms with Gasteiger partial charge in [0.1, 0.15) is 5.75 Å². The molecule has 7 heteroatoms. The predicted molar refractivity (Wildman–Crippen MR) is 94.5 cm³/mol. The van der Waals surface area contributed by atoms with Gasteiger partial charge in [0.05, 0.1) is 11.7 Å². The number of rotatable bonds is 5. The van der Waals surface area contributed by atoms with E-state index >= 15 is 0 Å². The van der Waals surface area contributed by atoms with Crippen molar-refractivity contribution in [1.29, 1.82) is 0 Å². The molecule has 0 radical (unpaired) electrons. The van der Waals surface area contributed by atoms with Gasteiger partial charge >= 0.3 is 12.6 Å². The Kier molecular flexibility index (Phi) is 6.20. The molecule has 0 heterocycles. The van der Waals surface area contributed by atoms with Gasteiger partial charge in [-0.25, -0.2) is 4.79 Å². The number of aryl methyl sites for hydroxylation is 1. The molecule has 0 spiro atoms. The number of halogens is 3. The van der Waals surface area contributed by atoms with Crippen LogP contribution in [0.15, 0.2) is 42.5 Å². The molecule has 0 aliphatic rings. The Morgan fingerprint density at radius 3 is 2.52 bits per heavy atom. The average Bonchev–Trinajstić information content (AvgIpc) is 2.56. The minimum atomic E-state index is -2.97. The smallest absolute Gasteiger partial charge is 0.387 e. The maximum atomic E-state index is 12.6. The Balaban J connectivity index is 2.21. The van der Waals surface area contributed by atoms with E-state index in [0.717, 1.165) is 5.56 Å². The predicted octanol–water partition coefficient (Wildman–Crippen LogP) is 5.47. The lowest BCUT2D eigenvalue weighted by atomic mass is 10.1. The van der Waals surface area contributed by atoms with Crippen molar-refractivity contribution in [3.8, 4) is 5.75 Å². The van der Waals surface area contributed by atoms with Crippen LogP contribution in [0, 0.1) is 6.92 Å². The Morgan fingerprint density at radius 2 is 1.88 bits per heavy atom. The molecule has 0 aromatic heterocycles. The SMILES string of the molecule is Cc1cccc(OC(F)F)c1NC(=O)N(C)C(C)c1ccccc1Cl. The molecular formula is C18H19ClF2N2O2. The number of alkyl halides is 2. The molecule has 2 amide bonds. The third kappa shape index (κ3) is 4.60. The van der Waals surface area contributed by atoms with Crippen LogP contribution in [0.3, 0.4) is 0 Å². The fourth-order valence-electron chi connectivity index (χ4n) is 2.39. The van der Waals surface area contributed by atoms with Crippen molar-refractivity contribution in [3.63, 3.8) is 0 Å². The molecule has 0 saturated carbocycles. The fraction of sp³-hybridized carbons (Fsp3) is 0.278. The second kappa shape index (κ2) is 8.16. The first-order valence-corrected chi connectivity index (χ1v) is 8.01. The minimum absolute atomic E-state index is 0.0813. The largest absolute Gasteiger partial charge is 0.433 e. The molecule has 2 aromatic rings. The molecule has 25 heavy (non-hydrogen) atoms. The van der Waals surface area contributed by atoms with Crippen molar-refractivity contribution < 1.29 is 18.3 Å². The summed E-state index contributed by atoms with van der Waals surface area (Å²) >= 11 is 6.17. The number of ether oxygens (including phenoxy) is 1. The summed E-state index contributed by atoms with van der Waals surface area (Å²) in [5, 5.41) is 3.19. The van der Waals surface area contributed by atoms with Gasteiger partial charge in [0.15, 0.2) is 0 Å². The number of anilines is 1. The highest BCUT2D eigenvalue weighted by atomic mass is 35.5. The molecule has 0 aliphatic carbocycles. The number of benzene rings is 2. The topological polar surface area (TPSA) is 41.6 Å². The van der Waals surface area contributed by atoms with Crippen molar-refractivity contribution in [2.24, 2.45) is 0 Å². The van der Waals surface area contributed by atoms with E-state index in [4.69, 9.17) is 11.6 Å². The van der Waals surface area contributed by atoms with Gasteiger partial charge in [-0.1, -0.05) is 41.9 Å². The van der Waals surface area contributed by atoms with Gasteiger partial charge in [-0.2, -0.15) is 8.78 Å². The van der Waals surface area contributed by atoms with E-state index in [1.165, 1.54) is 11.0 Å². The highest BCUT2D eigenvalue weighted by Crippen LogP contribution is 2.31. The molecule has 1 atom stereocenters. The number of amides is 2. The van der Waals surface area contributed by atoms with Crippen LogP contribution in [0.25, 0.3) is 0 Å². The molecule has 0 aliphatic heterocycles.